The standard InChI is InChI=1S/C16H17N3O2/c1-9-7-13(10(2)11(3)15(9)20)21-14-6-5-12-16(18-14)19(4)8-17-12/h5-8,20H,1-4H3. The van der Waals surface area contributed by atoms with Gasteiger partial charge in [-0.2, -0.15) is 4.98 Å². The highest BCUT2D eigenvalue weighted by molar-refractivity contribution is 5.71. The molecule has 0 spiro atoms. The number of fused-ring (bicyclic) bond motifs is 1. The second-order valence-corrected chi connectivity index (χ2v) is 5.24. The van der Waals surface area contributed by atoms with E-state index in [4.69, 9.17) is 4.74 Å². The quantitative estimate of drug-likeness (QED) is 0.783. The summed E-state index contributed by atoms with van der Waals surface area (Å²) in [6.45, 7) is 5.65. The van der Waals surface area contributed by atoms with Gasteiger partial charge in [0.25, 0.3) is 0 Å². The summed E-state index contributed by atoms with van der Waals surface area (Å²) < 4.78 is 7.74. The van der Waals surface area contributed by atoms with Gasteiger partial charge in [0.1, 0.15) is 17.0 Å². The molecule has 0 atom stereocenters. The molecule has 2 aromatic heterocycles. The number of hydrogen-bond acceptors (Lipinski definition) is 4. The van der Waals surface area contributed by atoms with Crippen molar-refractivity contribution in [1.82, 2.24) is 14.5 Å². The lowest BCUT2D eigenvalue weighted by atomic mass is 10.0. The van der Waals surface area contributed by atoms with Crippen molar-refractivity contribution in [1.29, 1.82) is 0 Å². The fraction of sp³-hybridized carbons (Fsp3) is 0.250. The van der Waals surface area contributed by atoms with Gasteiger partial charge in [0.15, 0.2) is 5.65 Å². The Hall–Kier alpha value is -2.56. The summed E-state index contributed by atoms with van der Waals surface area (Å²) in [7, 11) is 1.90. The average Bonchev–Trinajstić information content (AvgIpc) is 2.84. The first kappa shape index (κ1) is 13.4. The Labute approximate surface area is 122 Å². The van der Waals surface area contributed by atoms with Crippen LogP contribution in [0.25, 0.3) is 11.2 Å². The van der Waals surface area contributed by atoms with Crippen LogP contribution in [0.5, 0.6) is 17.4 Å². The van der Waals surface area contributed by atoms with Crippen LogP contribution in [-0.2, 0) is 7.05 Å². The van der Waals surface area contributed by atoms with Crippen molar-refractivity contribution in [3.8, 4) is 17.4 Å². The fourth-order valence-electron chi connectivity index (χ4n) is 2.29. The van der Waals surface area contributed by atoms with Crippen LogP contribution in [0.4, 0.5) is 0 Å². The van der Waals surface area contributed by atoms with Gasteiger partial charge >= 0.3 is 0 Å². The third kappa shape index (κ3) is 2.20. The maximum atomic E-state index is 9.94. The minimum absolute atomic E-state index is 0.315. The SMILES string of the molecule is Cc1cc(Oc2ccc3ncn(C)c3n2)c(C)c(C)c1O. The number of aromatic hydroxyl groups is 1. The largest absolute Gasteiger partial charge is 0.507 e. The highest BCUT2D eigenvalue weighted by atomic mass is 16.5. The van der Waals surface area contributed by atoms with Gasteiger partial charge in [0.05, 0.1) is 6.33 Å². The molecular formula is C16H17N3O2. The lowest BCUT2D eigenvalue weighted by Gasteiger charge is -2.13. The van der Waals surface area contributed by atoms with E-state index in [1.165, 1.54) is 0 Å². The van der Waals surface area contributed by atoms with E-state index in [1.54, 1.807) is 12.4 Å². The summed E-state index contributed by atoms with van der Waals surface area (Å²) in [5.74, 6) is 1.53. The van der Waals surface area contributed by atoms with Gasteiger partial charge in [-0.3, -0.25) is 0 Å². The molecule has 0 saturated heterocycles. The van der Waals surface area contributed by atoms with Crippen molar-refractivity contribution in [2.45, 2.75) is 20.8 Å². The molecule has 2 heterocycles. The Morgan fingerprint density at radius 3 is 2.67 bits per heavy atom. The summed E-state index contributed by atoms with van der Waals surface area (Å²) in [6.07, 6.45) is 1.72. The molecule has 1 aromatic carbocycles. The molecule has 1 N–H and O–H groups in total. The smallest absolute Gasteiger partial charge is 0.221 e. The third-order valence-corrected chi connectivity index (χ3v) is 3.76. The molecule has 0 radical (unpaired) electrons. The molecule has 0 fully saturated rings. The number of nitrogens with zero attached hydrogens (tertiary/aromatic N) is 3. The van der Waals surface area contributed by atoms with Crippen molar-refractivity contribution >= 4 is 11.2 Å². The Morgan fingerprint density at radius 2 is 1.90 bits per heavy atom. The van der Waals surface area contributed by atoms with E-state index in [0.29, 0.717) is 17.4 Å². The van der Waals surface area contributed by atoms with Gasteiger partial charge in [-0.05, 0) is 49.6 Å². The van der Waals surface area contributed by atoms with Crippen LogP contribution < -0.4 is 4.74 Å². The summed E-state index contributed by atoms with van der Waals surface area (Å²) >= 11 is 0. The molecule has 3 rings (SSSR count). The van der Waals surface area contributed by atoms with E-state index in [2.05, 4.69) is 9.97 Å². The van der Waals surface area contributed by atoms with Crippen molar-refractivity contribution in [3.05, 3.63) is 41.2 Å². The third-order valence-electron chi connectivity index (χ3n) is 3.76. The van der Waals surface area contributed by atoms with Gasteiger partial charge in [-0.1, -0.05) is 0 Å². The highest BCUT2D eigenvalue weighted by Crippen LogP contribution is 2.34. The average molecular weight is 283 g/mol. The van der Waals surface area contributed by atoms with Crippen LogP contribution in [0, 0.1) is 20.8 Å². The molecule has 21 heavy (non-hydrogen) atoms. The number of hydrogen-bond donors (Lipinski definition) is 1. The highest BCUT2D eigenvalue weighted by Gasteiger charge is 2.12. The minimum atomic E-state index is 0.315. The Balaban J connectivity index is 2.04. The van der Waals surface area contributed by atoms with Crippen molar-refractivity contribution in [2.24, 2.45) is 7.05 Å². The second kappa shape index (κ2) is 4.77. The summed E-state index contributed by atoms with van der Waals surface area (Å²) in [5.41, 5.74) is 4.13. The first-order valence-electron chi connectivity index (χ1n) is 6.73. The zero-order chi connectivity index (χ0) is 15.1. The van der Waals surface area contributed by atoms with Gasteiger partial charge in [0.2, 0.25) is 5.88 Å². The lowest BCUT2D eigenvalue weighted by Crippen LogP contribution is -1.96. The van der Waals surface area contributed by atoms with E-state index in [1.807, 2.05) is 44.5 Å². The molecule has 0 aliphatic rings. The number of phenols is 1. The summed E-state index contributed by atoms with van der Waals surface area (Å²) in [4.78, 5) is 8.70. The zero-order valence-corrected chi connectivity index (χ0v) is 12.5. The maximum Gasteiger partial charge on any atom is 0.221 e. The van der Waals surface area contributed by atoms with E-state index in [0.717, 1.165) is 27.9 Å². The predicted octanol–water partition coefficient (Wildman–Crippen LogP) is 3.39. The topological polar surface area (TPSA) is 60.2 Å². The molecule has 5 nitrogen and oxygen atoms in total. The van der Waals surface area contributed by atoms with E-state index < -0.39 is 0 Å². The van der Waals surface area contributed by atoms with Gasteiger partial charge in [-0.25, -0.2) is 4.98 Å². The number of rotatable bonds is 2. The van der Waals surface area contributed by atoms with Crippen LogP contribution in [0.2, 0.25) is 0 Å². The predicted molar refractivity (Wildman–Crippen MR) is 80.9 cm³/mol. The van der Waals surface area contributed by atoms with Gasteiger partial charge in [-0.15, -0.1) is 0 Å². The molecule has 0 amide bonds. The van der Waals surface area contributed by atoms with Crippen molar-refractivity contribution in [2.75, 3.05) is 0 Å². The minimum Gasteiger partial charge on any atom is -0.507 e. The van der Waals surface area contributed by atoms with E-state index in [-0.39, 0.29) is 0 Å². The van der Waals surface area contributed by atoms with E-state index in [9.17, 15) is 5.11 Å². The molecule has 0 aliphatic carbocycles. The fourth-order valence-corrected chi connectivity index (χ4v) is 2.29. The number of imidazole rings is 1. The van der Waals surface area contributed by atoms with Crippen LogP contribution in [0.15, 0.2) is 24.5 Å². The molecule has 0 unspecified atom stereocenters. The Bertz CT molecular complexity index is 837. The molecular weight excluding hydrogens is 266 g/mol. The number of aryl methyl sites for hydroxylation is 2. The summed E-state index contributed by atoms with van der Waals surface area (Å²) in [6, 6.07) is 5.51. The maximum absolute atomic E-state index is 9.94. The molecule has 108 valence electrons. The van der Waals surface area contributed by atoms with Crippen LogP contribution >= 0.6 is 0 Å². The van der Waals surface area contributed by atoms with Gasteiger partial charge in [0, 0.05) is 13.1 Å². The molecule has 0 saturated carbocycles. The molecule has 3 aromatic rings. The number of benzene rings is 1. The van der Waals surface area contributed by atoms with E-state index >= 15 is 0 Å². The molecule has 0 bridgehead atoms. The normalized spacial score (nSPS) is 11.0. The number of phenolic OH excluding ortho intramolecular Hbond substituents is 1. The lowest BCUT2D eigenvalue weighted by molar-refractivity contribution is 0.446. The van der Waals surface area contributed by atoms with Gasteiger partial charge < -0.3 is 14.4 Å². The summed E-state index contributed by atoms with van der Waals surface area (Å²) in [5, 5.41) is 9.94. The zero-order valence-electron chi connectivity index (χ0n) is 12.5. The van der Waals surface area contributed by atoms with Crippen molar-refractivity contribution in [3.63, 3.8) is 0 Å². The number of pyridine rings is 1. The Kier molecular flexibility index (Phi) is 3.05. The first-order valence-corrected chi connectivity index (χ1v) is 6.73. The first-order chi connectivity index (χ1) is 9.97. The molecule has 0 aliphatic heterocycles. The van der Waals surface area contributed by atoms with Crippen molar-refractivity contribution < 1.29 is 9.84 Å². The van der Waals surface area contributed by atoms with Crippen LogP contribution in [0.1, 0.15) is 16.7 Å². The number of aromatic nitrogens is 3. The monoisotopic (exact) mass is 283 g/mol. The van der Waals surface area contributed by atoms with Crippen LogP contribution in [-0.4, -0.2) is 19.6 Å². The molecule has 5 heteroatoms. The second-order valence-electron chi connectivity index (χ2n) is 5.24. The Morgan fingerprint density at radius 1 is 1.14 bits per heavy atom. The number of ether oxygens (including phenoxy) is 1. The van der Waals surface area contributed by atoms with Crippen LogP contribution in [0.3, 0.4) is 0 Å².